The summed E-state index contributed by atoms with van der Waals surface area (Å²) in [6.45, 7) is 0. The monoisotopic (exact) mass is 269 g/mol. The summed E-state index contributed by atoms with van der Waals surface area (Å²) in [6.07, 6.45) is 1.37. The molecule has 2 rings (SSSR count). The average Bonchev–Trinajstić information content (AvgIpc) is 2.45. The largest absolute Gasteiger partial charge is 0.369 e. The molecule has 0 atom stereocenters. The first kappa shape index (κ1) is 13.7. The van der Waals surface area contributed by atoms with Gasteiger partial charge < -0.3 is 9.88 Å². The highest BCUT2D eigenvalue weighted by Crippen LogP contribution is 2.14. The molecule has 5 heteroatoms. The Kier molecular flexibility index (Phi) is 4.10. The number of aliphatic imine (C=N–C) groups is 1. The van der Waals surface area contributed by atoms with Crippen molar-refractivity contribution in [2.45, 2.75) is 0 Å². The summed E-state index contributed by atoms with van der Waals surface area (Å²) in [6, 6.07) is 12.6. The second-order valence-corrected chi connectivity index (χ2v) is 4.49. The fourth-order valence-corrected chi connectivity index (χ4v) is 1.67. The van der Waals surface area contributed by atoms with Crippen molar-refractivity contribution in [1.82, 2.24) is 9.88 Å². The maximum absolute atomic E-state index is 11.9. The summed E-state index contributed by atoms with van der Waals surface area (Å²) in [5, 5.41) is 0. The lowest BCUT2D eigenvalue weighted by molar-refractivity contribution is 0.100. The van der Waals surface area contributed by atoms with Gasteiger partial charge in [0.15, 0.2) is 0 Å². The number of hydrogen-bond donors (Lipinski definition) is 1. The summed E-state index contributed by atoms with van der Waals surface area (Å²) < 4.78 is 0. The lowest BCUT2D eigenvalue weighted by Gasteiger charge is -2.03. The van der Waals surface area contributed by atoms with E-state index in [1.807, 2.05) is 30.3 Å². The van der Waals surface area contributed by atoms with E-state index < -0.39 is 11.5 Å². The van der Waals surface area contributed by atoms with Crippen LogP contribution in [-0.4, -0.2) is 36.2 Å². The molecular formula is C15H15N3O2. The minimum Gasteiger partial charge on any atom is -0.369 e. The van der Waals surface area contributed by atoms with Gasteiger partial charge in [0.1, 0.15) is 5.56 Å². The molecule has 0 fully saturated rings. The van der Waals surface area contributed by atoms with E-state index in [1.54, 1.807) is 25.1 Å². The number of nitrogens with one attached hydrogen (secondary N) is 1. The number of carbonyl (C=O) groups is 1. The van der Waals surface area contributed by atoms with Crippen molar-refractivity contribution in [2.24, 2.45) is 4.99 Å². The van der Waals surface area contributed by atoms with Crippen LogP contribution >= 0.6 is 0 Å². The SMILES string of the molecule is CN(C)C=NC(=O)c1ccc(-c2ccccc2)[nH]c1=O. The van der Waals surface area contributed by atoms with Gasteiger partial charge >= 0.3 is 0 Å². The molecule has 1 aromatic carbocycles. The zero-order valence-corrected chi connectivity index (χ0v) is 11.3. The molecule has 20 heavy (non-hydrogen) atoms. The number of carbonyl (C=O) groups excluding carboxylic acids is 1. The maximum atomic E-state index is 11.9. The molecule has 0 saturated carbocycles. The first-order valence-corrected chi connectivity index (χ1v) is 6.11. The van der Waals surface area contributed by atoms with Crippen molar-refractivity contribution in [1.29, 1.82) is 0 Å². The number of H-pyrrole nitrogens is 1. The second-order valence-electron chi connectivity index (χ2n) is 4.49. The van der Waals surface area contributed by atoms with Gasteiger partial charge in [0.05, 0.1) is 6.34 Å². The van der Waals surface area contributed by atoms with E-state index in [9.17, 15) is 9.59 Å². The van der Waals surface area contributed by atoms with Crippen LogP contribution in [0, 0.1) is 0 Å². The van der Waals surface area contributed by atoms with Crippen LogP contribution in [0.4, 0.5) is 0 Å². The third kappa shape index (κ3) is 3.20. The first-order chi connectivity index (χ1) is 9.58. The molecule has 0 saturated heterocycles. The highest BCUT2D eigenvalue weighted by molar-refractivity contribution is 5.98. The molecule has 5 nitrogen and oxygen atoms in total. The minimum absolute atomic E-state index is 0.0304. The zero-order valence-electron chi connectivity index (χ0n) is 11.3. The molecule has 0 aliphatic carbocycles. The molecule has 0 bridgehead atoms. The molecule has 0 unspecified atom stereocenters. The van der Waals surface area contributed by atoms with Gasteiger partial charge in [-0.15, -0.1) is 0 Å². The van der Waals surface area contributed by atoms with E-state index in [-0.39, 0.29) is 5.56 Å². The van der Waals surface area contributed by atoms with Crippen LogP contribution in [0.15, 0.2) is 52.3 Å². The van der Waals surface area contributed by atoms with Gasteiger partial charge in [-0.3, -0.25) is 9.59 Å². The van der Waals surface area contributed by atoms with Crippen LogP contribution in [0.5, 0.6) is 0 Å². The van der Waals surface area contributed by atoms with Crippen LogP contribution in [0.25, 0.3) is 11.3 Å². The lowest BCUT2D eigenvalue weighted by atomic mass is 10.1. The predicted octanol–water partition coefficient (Wildman–Crippen LogP) is 1.77. The smallest absolute Gasteiger partial charge is 0.283 e. The Morgan fingerprint density at radius 3 is 2.45 bits per heavy atom. The Hall–Kier alpha value is -2.69. The zero-order chi connectivity index (χ0) is 14.5. The number of benzene rings is 1. The molecule has 1 amide bonds. The van der Waals surface area contributed by atoms with E-state index in [0.29, 0.717) is 5.69 Å². The standard InChI is InChI=1S/C15H15N3O2/c1-18(2)10-16-14(19)12-8-9-13(17-15(12)20)11-6-4-3-5-7-11/h3-10H,1-2H3,(H,17,20). The van der Waals surface area contributed by atoms with Crippen LogP contribution < -0.4 is 5.56 Å². The second kappa shape index (κ2) is 5.97. The van der Waals surface area contributed by atoms with E-state index >= 15 is 0 Å². The molecular weight excluding hydrogens is 254 g/mol. The van der Waals surface area contributed by atoms with Crippen molar-refractivity contribution in [3.8, 4) is 11.3 Å². The van der Waals surface area contributed by atoms with Crippen molar-refractivity contribution in [2.75, 3.05) is 14.1 Å². The minimum atomic E-state index is -0.556. The molecule has 0 radical (unpaired) electrons. The van der Waals surface area contributed by atoms with Crippen molar-refractivity contribution in [3.05, 3.63) is 58.4 Å². The fourth-order valence-electron chi connectivity index (χ4n) is 1.67. The topological polar surface area (TPSA) is 65.5 Å². The van der Waals surface area contributed by atoms with E-state index in [2.05, 4.69) is 9.98 Å². The summed E-state index contributed by atoms with van der Waals surface area (Å²) in [5.41, 5.74) is 1.15. The molecule has 102 valence electrons. The Morgan fingerprint density at radius 1 is 1.15 bits per heavy atom. The van der Waals surface area contributed by atoms with Gasteiger partial charge in [0, 0.05) is 19.8 Å². The van der Waals surface area contributed by atoms with Crippen LogP contribution in [0.3, 0.4) is 0 Å². The first-order valence-electron chi connectivity index (χ1n) is 6.11. The Labute approximate surface area is 116 Å². The Morgan fingerprint density at radius 2 is 1.85 bits per heavy atom. The number of amides is 1. The quantitative estimate of drug-likeness (QED) is 0.682. The van der Waals surface area contributed by atoms with Crippen LogP contribution in [0.1, 0.15) is 10.4 Å². The van der Waals surface area contributed by atoms with Crippen molar-refractivity contribution < 1.29 is 4.79 Å². The number of aromatic nitrogens is 1. The van der Waals surface area contributed by atoms with E-state index in [4.69, 9.17) is 0 Å². The van der Waals surface area contributed by atoms with Gasteiger partial charge in [-0.05, 0) is 17.7 Å². The molecule has 2 aromatic rings. The van der Waals surface area contributed by atoms with Gasteiger partial charge in [0.25, 0.3) is 11.5 Å². The van der Waals surface area contributed by atoms with Crippen molar-refractivity contribution >= 4 is 12.2 Å². The molecule has 1 heterocycles. The molecule has 0 spiro atoms. The molecule has 1 N–H and O–H groups in total. The number of aromatic amines is 1. The van der Waals surface area contributed by atoms with Gasteiger partial charge in [0.2, 0.25) is 0 Å². The van der Waals surface area contributed by atoms with Gasteiger partial charge in [-0.1, -0.05) is 30.3 Å². The van der Waals surface area contributed by atoms with Crippen LogP contribution in [-0.2, 0) is 0 Å². The lowest BCUT2D eigenvalue weighted by Crippen LogP contribution is -2.18. The van der Waals surface area contributed by atoms with Gasteiger partial charge in [-0.25, -0.2) is 0 Å². The fraction of sp³-hybridized carbons (Fsp3) is 0.133. The maximum Gasteiger partial charge on any atom is 0.283 e. The van der Waals surface area contributed by atoms with Crippen LogP contribution in [0.2, 0.25) is 0 Å². The summed E-state index contributed by atoms with van der Waals surface area (Å²) in [4.78, 5) is 31.7. The normalized spacial score (nSPS) is 10.7. The molecule has 0 aliphatic rings. The summed E-state index contributed by atoms with van der Waals surface area (Å²) in [7, 11) is 3.50. The van der Waals surface area contributed by atoms with E-state index in [1.165, 1.54) is 12.4 Å². The highest BCUT2D eigenvalue weighted by atomic mass is 16.2. The summed E-state index contributed by atoms with van der Waals surface area (Å²) in [5.74, 6) is -0.556. The van der Waals surface area contributed by atoms with Gasteiger partial charge in [-0.2, -0.15) is 4.99 Å². The Bertz CT molecular complexity index is 688. The molecule has 1 aromatic heterocycles. The third-order valence-corrected chi connectivity index (χ3v) is 2.63. The molecule has 0 aliphatic heterocycles. The number of hydrogen-bond acceptors (Lipinski definition) is 2. The Balaban J connectivity index is 2.32. The predicted molar refractivity (Wildman–Crippen MR) is 79.0 cm³/mol. The average molecular weight is 269 g/mol. The number of nitrogens with zero attached hydrogens (tertiary/aromatic N) is 2. The third-order valence-electron chi connectivity index (χ3n) is 2.63. The number of rotatable bonds is 3. The number of pyridine rings is 1. The summed E-state index contributed by atoms with van der Waals surface area (Å²) >= 11 is 0. The highest BCUT2D eigenvalue weighted by Gasteiger charge is 2.09. The van der Waals surface area contributed by atoms with E-state index in [0.717, 1.165) is 5.56 Å². The van der Waals surface area contributed by atoms with Crippen molar-refractivity contribution in [3.63, 3.8) is 0 Å².